The first kappa shape index (κ1) is 19.4. The summed E-state index contributed by atoms with van der Waals surface area (Å²) in [6.45, 7) is 1.51. The Balaban J connectivity index is 1.27. The first-order valence-electron chi connectivity index (χ1n) is 10.8. The molecule has 1 aliphatic rings. The molecule has 0 radical (unpaired) electrons. The SMILES string of the molecule is O=C(NC(c1ccccc1)c1ccccc1)C1CCN(c2nc3ccccc3o2)CC1. The highest BCUT2D eigenvalue weighted by Gasteiger charge is 2.29. The molecule has 0 saturated carbocycles. The number of piperidine rings is 1. The second kappa shape index (κ2) is 8.64. The van der Waals surface area contributed by atoms with E-state index in [1.54, 1.807) is 0 Å². The van der Waals surface area contributed by atoms with Crippen LogP contribution in [0.2, 0.25) is 0 Å². The summed E-state index contributed by atoms with van der Waals surface area (Å²) < 4.78 is 5.90. The average Bonchev–Trinajstić information content (AvgIpc) is 3.28. The minimum absolute atomic E-state index is 0.0180. The Hall–Kier alpha value is -3.60. The van der Waals surface area contributed by atoms with Crippen LogP contribution in [0.4, 0.5) is 6.01 Å². The van der Waals surface area contributed by atoms with Crippen molar-refractivity contribution < 1.29 is 9.21 Å². The third-order valence-electron chi connectivity index (χ3n) is 5.97. The minimum atomic E-state index is -0.148. The van der Waals surface area contributed by atoms with Gasteiger partial charge in [-0.15, -0.1) is 0 Å². The number of nitrogens with one attached hydrogen (secondary N) is 1. The van der Waals surface area contributed by atoms with E-state index in [2.05, 4.69) is 39.5 Å². The van der Waals surface area contributed by atoms with Crippen LogP contribution in [0, 0.1) is 5.92 Å². The van der Waals surface area contributed by atoms with Crippen molar-refractivity contribution in [2.45, 2.75) is 18.9 Å². The molecule has 31 heavy (non-hydrogen) atoms. The fourth-order valence-corrected chi connectivity index (χ4v) is 4.24. The van der Waals surface area contributed by atoms with E-state index in [0.29, 0.717) is 6.01 Å². The third kappa shape index (κ3) is 4.17. The molecule has 0 spiro atoms. The fraction of sp³-hybridized carbons (Fsp3) is 0.231. The van der Waals surface area contributed by atoms with E-state index in [4.69, 9.17) is 4.42 Å². The van der Waals surface area contributed by atoms with E-state index in [1.807, 2.05) is 60.7 Å². The predicted octanol–water partition coefficient (Wildman–Crippen LogP) is 4.95. The number of aromatic nitrogens is 1. The molecular weight excluding hydrogens is 386 g/mol. The number of carbonyl (C=O) groups is 1. The van der Waals surface area contributed by atoms with Gasteiger partial charge in [-0.1, -0.05) is 72.8 Å². The van der Waals surface area contributed by atoms with Gasteiger partial charge in [-0.25, -0.2) is 0 Å². The summed E-state index contributed by atoms with van der Waals surface area (Å²) in [4.78, 5) is 19.9. The minimum Gasteiger partial charge on any atom is -0.423 e. The van der Waals surface area contributed by atoms with Gasteiger partial charge in [0.1, 0.15) is 5.52 Å². The largest absolute Gasteiger partial charge is 0.423 e. The monoisotopic (exact) mass is 411 g/mol. The zero-order valence-corrected chi connectivity index (χ0v) is 17.3. The highest BCUT2D eigenvalue weighted by molar-refractivity contribution is 5.80. The van der Waals surface area contributed by atoms with Crippen LogP contribution in [0.3, 0.4) is 0 Å². The van der Waals surface area contributed by atoms with Gasteiger partial charge < -0.3 is 14.6 Å². The average molecular weight is 412 g/mol. The van der Waals surface area contributed by atoms with Crippen LogP contribution in [-0.4, -0.2) is 24.0 Å². The Kier molecular flexibility index (Phi) is 5.40. The van der Waals surface area contributed by atoms with Crippen LogP contribution in [0.1, 0.15) is 30.0 Å². The Morgan fingerprint density at radius 2 is 1.45 bits per heavy atom. The van der Waals surface area contributed by atoms with E-state index in [-0.39, 0.29) is 17.9 Å². The lowest BCUT2D eigenvalue weighted by atomic mass is 9.93. The molecule has 5 heteroatoms. The Morgan fingerprint density at radius 3 is 2.06 bits per heavy atom. The van der Waals surface area contributed by atoms with Crippen molar-refractivity contribution in [2.75, 3.05) is 18.0 Å². The van der Waals surface area contributed by atoms with Gasteiger partial charge in [-0.3, -0.25) is 4.79 Å². The van der Waals surface area contributed by atoms with E-state index in [9.17, 15) is 4.79 Å². The summed E-state index contributed by atoms with van der Waals surface area (Å²) in [7, 11) is 0. The van der Waals surface area contributed by atoms with Gasteiger partial charge in [-0.2, -0.15) is 4.98 Å². The number of para-hydroxylation sites is 2. The van der Waals surface area contributed by atoms with Gasteiger partial charge in [-0.05, 0) is 36.1 Å². The molecule has 1 aromatic heterocycles. The van der Waals surface area contributed by atoms with Crippen LogP contribution in [0.25, 0.3) is 11.1 Å². The second-order valence-corrected chi connectivity index (χ2v) is 7.99. The molecule has 156 valence electrons. The highest BCUT2D eigenvalue weighted by atomic mass is 16.4. The molecule has 5 nitrogen and oxygen atoms in total. The number of hydrogen-bond acceptors (Lipinski definition) is 4. The topological polar surface area (TPSA) is 58.4 Å². The van der Waals surface area contributed by atoms with Crippen molar-refractivity contribution in [2.24, 2.45) is 5.92 Å². The molecule has 1 N–H and O–H groups in total. The van der Waals surface area contributed by atoms with Crippen molar-refractivity contribution in [3.05, 3.63) is 96.1 Å². The standard InChI is InChI=1S/C26H25N3O2/c30-25(28-24(19-9-3-1-4-10-19)20-11-5-2-6-12-20)21-15-17-29(18-16-21)26-27-22-13-7-8-14-23(22)31-26/h1-14,21,24H,15-18H2,(H,28,30). The normalized spacial score (nSPS) is 14.8. The fourth-order valence-electron chi connectivity index (χ4n) is 4.24. The number of rotatable bonds is 5. The number of benzene rings is 3. The van der Waals surface area contributed by atoms with Gasteiger partial charge in [0.15, 0.2) is 5.58 Å². The molecule has 3 aromatic carbocycles. The molecule has 1 amide bonds. The lowest BCUT2D eigenvalue weighted by Gasteiger charge is -2.31. The molecule has 0 unspecified atom stereocenters. The van der Waals surface area contributed by atoms with Gasteiger partial charge in [0.05, 0.1) is 6.04 Å². The maximum Gasteiger partial charge on any atom is 0.298 e. The first-order valence-corrected chi connectivity index (χ1v) is 10.8. The van der Waals surface area contributed by atoms with E-state index >= 15 is 0 Å². The Morgan fingerprint density at radius 1 is 0.871 bits per heavy atom. The van der Waals surface area contributed by atoms with Crippen molar-refractivity contribution in [1.29, 1.82) is 0 Å². The second-order valence-electron chi connectivity index (χ2n) is 7.99. The number of nitrogens with zero attached hydrogens (tertiary/aromatic N) is 2. The highest BCUT2D eigenvalue weighted by Crippen LogP contribution is 2.28. The zero-order chi connectivity index (χ0) is 21.0. The van der Waals surface area contributed by atoms with Crippen LogP contribution >= 0.6 is 0 Å². The molecule has 1 fully saturated rings. The molecule has 0 atom stereocenters. The molecule has 4 aromatic rings. The van der Waals surface area contributed by atoms with Crippen LogP contribution in [0.5, 0.6) is 0 Å². The van der Waals surface area contributed by atoms with Crippen molar-refractivity contribution in [3.63, 3.8) is 0 Å². The van der Waals surface area contributed by atoms with Crippen LogP contribution in [0.15, 0.2) is 89.3 Å². The predicted molar refractivity (Wildman–Crippen MR) is 122 cm³/mol. The number of carbonyl (C=O) groups excluding carboxylic acids is 1. The summed E-state index contributed by atoms with van der Waals surface area (Å²) in [6, 6.07) is 28.6. The van der Waals surface area contributed by atoms with E-state index in [1.165, 1.54) is 0 Å². The number of anilines is 1. The lowest BCUT2D eigenvalue weighted by molar-refractivity contribution is -0.126. The number of fused-ring (bicyclic) bond motifs is 1. The zero-order valence-electron chi connectivity index (χ0n) is 17.3. The number of oxazole rings is 1. The smallest absolute Gasteiger partial charge is 0.298 e. The molecular formula is C26H25N3O2. The lowest BCUT2D eigenvalue weighted by Crippen LogP contribution is -2.42. The number of amides is 1. The molecule has 1 saturated heterocycles. The molecule has 1 aliphatic heterocycles. The summed E-state index contributed by atoms with van der Waals surface area (Å²) >= 11 is 0. The Labute approximate surface area is 181 Å². The van der Waals surface area contributed by atoms with Gasteiger partial charge >= 0.3 is 0 Å². The van der Waals surface area contributed by atoms with E-state index in [0.717, 1.165) is 48.2 Å². The number of hydrogen-bond donors (Lipinski definition) is 1. The summed E-state index contributed by atoms with van der Waals surface area (Å²) in [5.74, 6) is 0.0884. The Bertz CT molecular complexity index is 1080. The third-order valence-corrected chi connectivity index (χ3v) is 5.97. The molecule has 5 rings (SSSR count). The van der Waals surface area contributed by atoms with Gasteiger partial charge in [0.2, 0.25) is 5.91 Å². The van der Waals surface area contributed by atoms with E-state index < -0.39 is 0 Å². The van der Waals surface area contributed by atoms with Crippen molar-refractivity contribution >= 4 is 23.0 Å². The van der Waals surface area contributed by atoms with Gasteiger partial charge in [0, 0.05) is 19.0 Å². The van der Waals surface area contributed by atoms with Crippen molar-refractivity contribution in [1.82, 2.24) is 10.3 Å². The molecule has 0 bridgehead atoms. The quantitative estimate of drug-likeness (QED) is 0.505. The summed E-state index contributed by atoms with van der Waals surface area (Å²) in [5, 5.41) is 3.30. The maximum atomic E-state index is 13.2. The summed E-state index contributed by atoms with van der Waals surface area (Å²) in [6.07, 6.45) is 1.56. The van der Waals surface area contributed by atoms with Gasteiger partial charge in [0.25, 0.3) is 6.01 Å². The van der Waals surface area contributed by atoms with Crippen LogP contribution in [-0.2, 0) is 4.79 Å². The summed E-state index contributed by atoms with van der Waals surface area (Å²) in [5.41, 5.74) is 3.84. The maximum absolute atomic E-state index is 13.2. The van der Waals surface area contributed by atoms with Crippen LogP contribution < -0.4 is 10.2 Å². The first-order chi connectivity index (χ1) is 15.3. The van der Waals surface area contributed by atoms with Crippen molar-refractivity contribution in [3.8, 4) is 0 Å². The molecule has 2 heterocycles. The molecule has 0 aliphatic carbocycles.